The van der Waals surface area contributed by atoms with Gasteiger partial charge < -0.3 is 15.0 Å². The zero-order valence-electron chi connectivity index (χ0n) is 12.9. The highest BCUT2D eigenvalue weighted by molar-refractivity contribution is 5.99. The minimum absolute atomic E-state index is 0.00470. The van der Waals surface area contributed by atoms with Gasteiger partial charge in [0, 0.05) is 32.0 Å². The van der Waals surface area contributed by atoms with Crippen LogP contribution in [0.4, 0.5) is 5.69 Å². The minimum Gasteiger partial charge on any atom is -0.387 e. The smallest absolute Gasteiger partial charge is 0.257 e. The first kappa shape index (κ1) is 14.8. The van der Waals surface area contributed by atoms with Gasteiger partial charge in [-0.2, -0.15) is 0 Å². The number of nitrogens with one attached hydrogen (secondary N) is 1. The van der Waals surface area contributed by atoms with E-state index in [1.54, 1.807) is 6.20 Å². The molecule has 0 aliphatic carbocycles. The van der Waals surface area contributed by atoms with Crippen molar-refractivity contribution in [3.8, 4) is 0 Å². The summed E-state index contributed by atoms with van der Waals surface area (Å²) in [5, 5.41) is 3.07. The Balaban J connectivity index is 2.27. The Labute approximate surface area is 120 Å². The molecule has 1 aromatic rings. The first-order valence-electron chi connectivity index (χ1n) is 6.94. The van der Waals surface area contributed by atoms with Crippen LogP contribution in [-0.4, -0.2) is 47.6 Å². The molecule has 1 unspecified atom stereocenters. The van der Waals surface area contributed by atoms with E-state index >= 15 is 0 Å². The molecule has 1 aromatic heterocycles. The van der Waals surface area contributed by atoms with Crippen LogP contribution in [0.15, 0.2) is 12.3 Å². The van der Waals surface area contributed by atoms with Crippen LogP contribution in [0.3, 0.4) is 0 Å². The molecule has 0 bridgehead atoms. The Morgan fingerprint density at radius 3 is 2.85 bits per heavy atom. The summed E-state index contributed by atoms with van der Waals surface area (Å²) in [6.45, 7) is 9.12. The predicted molar refractivity (Wildman–Crippen MR) is 79.1 cm³/mol. The van der Waals surface area contributed by atoms with Crippen LogP contribution in [0.2, 0.25) is 0 Å². The van der Waals surface area contributed by atoms with Gasteiger partial charge in [-0.05, 0) is 33.8 Å². The number of hydrogen-bond acceptors (Lipinski definition) is 4. The van der Waals surface area contributed by atoms with Gasteiger partial charge in [0.05, 0.1) is 23.0 Å². The van der Waals surface area contributed by atoms with E-state index in [0.717, 1.165) is 11.4 Å². The van der Waals surface area contributed by atoms with Crippen molar-refractivity contribution in [2.45, 2.75) is 39.4 Å². The number of amides is 1. The van der Waals surface area contributed by atoms with Crippen LogP contribution < -0.4 is 5.32 Å². The van der Waals surface area contributed by atoms with E-state index in [2.05, 4.69) is 10.3 Å². The highest BCUT2D eigenvalue weighted by atomic mass is 16.5. The van der Waals surface area contributed by atoms with Crippen LogP contribution in [-0.2, 0) is 4.74 Å². The molecular formula is C15H23N3O2. The van der Waals surface area contributed by atoms with Crippen molar-refractivity contribution in [2.24, 2.45) is 0 Å². The number of morpholine rings is 1. The Kier molecular flexibility index (Phi) is 3.99. The van der Waals surface area contributed by atoms with E-state index in [-0.39, 0.29) is 17.6 Å². The largest absolute Gasteiger partial charge is 0.387 e. The molecular weight excluding hydrogens is 254 g/mol. The second-order valence-electron chi connectivity index (χ2n) is 6.00. The maximum atomic E-state index is 12.7. The maximum absolute atomic E-state index is 12.7. The van der Waals surface area contributed by atoms with Crippen molar-refractivity contribution in [1.82, 2.24) is 9.88 Å². The summed E-state index contributed by atoms with van der Waals surface area (Å²) in [6.07, 6.45) is 1.69. The molecule has 0 spiro atoms. The first-order valence-corrected chi connectivity index (χ1v) is 6.94. The number of carbonyl (C=O) groups excluding carboxylic acids is 1. The number of rotatable bonds is 2. The minimum atomic E-state index is -0.314. The maximum Gasteiger partial charge on any atom is 0.257 e. The zero-order valence-corrected chi connectivity index (χ0v) is 12.9. The quantitative estimate of drug-likeness (QED) is 0.899. The SMILES string of the molecule is CNc1cc(C)ncc1C(=O)N1CC(C)OC(C)(C)C1. The third-order valence-electron chi connectivity index (χ3n) is 3.40. The van der Waals surface area contributed by atoms with Crippen LogP contribution in [0, 0.1) is 6.92 Å². The van der Waals surface area contributed by atoms with Crippen LogP contribution >= 0.6 is 0 Å². The Morgan fingerprint density at radius 2 is 2.25 bits per heavy atom. The standard InChI is InChI=1S/C15H23N3O2/c1-10-6-13(16-5)12(7-17-10)14(19)18-8-11(2)20-15(3,4)9-18/h6-7,11H,8-9H2,1-5H3,(H,16,17). The van der Waals surface area contributed by atoms with Gasteiger partial charge in [0.25, 0.3) is 5.91 Å². The second kappa shape index (κ2) is 5.40. The van der Waals surface area contributed by atoms with E-state index in [1.165, 1.54) is 0 Å². The molecule has 20 heavy (non-hydrogen) atoms. The summed E-state index contributed by atoms with van der Waals surface area (Å²) < 4.78 is 5.84. The van der Waals surface area contributed by atoms with Crippen molar-refractivity contribution in [3.63, 3.8) is 0 Å². The Bertz CT molecular complexity index is 514. The molecule has 1 aliphatic rings. The summed E-state index contributed by atoms with van der Waals surface area (Å²) in [5.41, 5.74) is 2.01. The van der Waals surface area contributed by atoms with Gasteiger partial charge in [0.15, 0.2) is 0 Å². The van der Waals surface area contributed by atoms with Gasteiger partial charge in [-0.15, -0.1) is 0 Å². The molecule has 1 saturated heterocycles. The summed E-state index contributed by atoms with van der Waals surface area (Å²) >= 11 is 0. The Hall–Kier alpha value is -1.62. The molecule has 1 N–H and O–H groups in total. The molecule has 0 saturated carbocycles. The van der Waals surface area contributed by atoms with Crippen molar-refractivity contribution >= 4 is 11.6 Å². The van der Waals surface area contributed by atoms with E-state index < -0.39 is 0 Å². The van der Waals surface area contributed by atoms with Gasteiger partial charge in [0.1, 0.15) is 0 Å². The fourth-order valence-electron chi connectivity index (χ4n) is 2.72. The fraction of sp³-hybridized carbons (Fsp3) is 0.600. The van der Waals surface area contributed by atoms with Crippen molar-refractivity contribution in [1.29, 1.82) is 0 Å². The van der Waals surface area contributed by atoms with Gasteiger partial charge in [-0.25, -0.2) is 0 Å². The predicted octanol–water partition coefficient (Wildman–Crippen LogP) is 2.07. The number of carbonyl (C=O) groups is 1. The summed E-state index contributed by atoms with van der Waals surface area (Å²) in [5.74, 6) is 0.00470. The lowest BCUT2D eigenvalue weighted by atomic mass is 10.0. The molecule has 1 atom stereocenters. The normalized spacial score (nSPS) is 21.6. The second-order valence-corrected chi connectivity index (χ2v) is 6.00. The molecule has 1 amide bonds. The number of pyridine rings is 1. The zero-order chi connectivity index (χ0) is 14.9. The molecule has 5 heteroatoms. The summed E-state index contributed by atoms with van der Waals surface area (Å²) in [4.78, 5) is 18.8. The van der Waals surface area contributed by atoms with E-state index in [4.69, 9.17) is 4.74 Å². The lowest BCUT2D eigenvalue weighted by Gasteiger charge is -2.41. The fourth-order valence-corrected chi connectivity index (χ4v) is 2.72. The topological polar surface area (TPSA) is 54.5 Å². The van der Waals surface area contributed by atoms with E-state index in [9.17, 15) is 4.79 Å². The lowest BCUT2D eigenvalue weighted by Crippen LogP contribution is -2.53. The summed E-state index contributed by atoms with van der Waals surface area (Å²) in [6, 6.07) is 1.89. The van der Waals surface area contributed by atoms with Gasteiger partial charge in [-0.1, -0.05) is 0 Å². The number of ether oxygens (including phenoxy) is 1. The molecule has 0 aromatic carbocycles. The molecule has 5 nitrogen and oxygen atoms in total. The van der Waals surface area contributed by atoms with Crippen LogP contribution in [0.1, 0.15) is 36.8 Å². The molecule has 1 fully saturated rings. The van der Waals surface area contributed by atoms with Crippen molar-refractivity contribution in [2.75, 3.05) is 25.5 Å². The van der Waals surface area contributed by atoms with Gasteiger partial charge >= 0.3 is 0 Å². The molecule has 1 aliphatic heterocycles. The van der Waals surface area contributed by atoms with Crippen molar-refractivity contribution < 1.29 is 9.53 Å². The third kappa shape index (κ3) is 3.10. The Morgan fingerprint density at radius 1 is 1.55 bits per heavy atom. The molecule has 0 radical (unpaired) electrons. The number of anilines is 1. The molecule has 2 rings (SSSR count). The average Bonchev–Trinajstić information content (AvgIpc) is 2.35. The lowest BCUT2D eigenvalue weighted by molar-refractivity contribution is -0.118. The number of aromatic nitrogens is 1. The number of aryl methyl sites for hydroxylation is 1. The average molecular weight is 277 g/mol. The van der Waals surface area contributed by atoms with Crippen LogP contribution in [0.25, 0.3) is 0 Å². The van der Waals surface area contributed by atoms with Gasteiger partial charge in [0.2, 0.25) is 0 Å². The van der Waals surface area contributed by atoms with Gasteiger partial charge in [-0.3, -0.25) is 9.78 Å². The molecule has 110 valence electrons. The number of hydrogen-bond donors (Lipinski definition) is 1. The van der Waals surface area contributed by atoms with E-state index in [0.29, 0.717) is 18.7 Å². The summed E-state index contributed by atoms with van der Waals surface area (Å²) in [7, 11) is 1.82. The van der Waals surface area contributed by atoms with E-state index in [1.807, 2.05) is 45.7 Å². The number of nitrogens with zero attached hydrogens (tertiary/aromatic N) is 2. The third-order valence-corrected chi connectivity index (χ3v) is 3.40. The van der Waals surface area contributed by atoms with Crippen LogP contribution in [0.5, 0.6) is 0 Å². The molecule has 2 heterocycles. The highest BCUT2D eigenvalue weighted by Gasteiger charge is 2.34. The first-order chi connectivity index (χ1) is 9.32. The monoisotopic (exact) mass is 277 g/mol. The highest BCUT2D eigenvalue weighted by Crippen LogP contribution is 2.24. The van der Waals surface area contributed by atoms with Crippen molar-refractivity contribution in [3.05, 3.63) is 23.5 Å².